The molecule has 0 bridgehead atoms. The number of carbonyl (C=O) groups excluding carboxylic acids is 1. The van der Waals surface area contributed by atoms with Crippen molar-refractivity contribution in [3.8, 4) is 11.3 Å². The van der Waals surface area contributed by atoms with Crippen LogP contribution < -0.4 is 20.4 Å². The molecule has 1 saturated heterocycles. The van der Waals surface area contributed by atoms with Gasteiger partial charge in [0.2, 0.25) is 0 Å². The van der Waals surface area contributed by atoms with Crippen LogP contribution in [0.3, 0.4) is 0 Å². The molecule has 4 heterocycles. The summed E-state index contributed by atoms with van der Waals surface area (Å²) >= 11 is 0. The topological polar surface area (TPSA) is 73.4 Å². The van der Waals surface area contributed by atoms with Crippen molar-refractivity contribution in [2.45, 2.75) is 26.7 Å². The van der Waals surface area contributed by atoms with Gasteiger partial charge >= 0.3 is 6.03 Å². The summed E-state index contributed by atoms with van der Waals surface area (Å²) in [7, 11) is 0. The Morgan fingerprint density at radius 3 is 2.82 bits per heavy atom. The van der Waals surface area contributed by atoms with Crippen molar-refractivity contribution in [2.75, 3.05) is 46.6 Å². The van der Waals surface area contributed by atoms with E-state index < -0.39 is 5.82 Å². The van der Waals surface area contributed by atoms with Gasteiger partial charge in [-0.2, -0.15) is 0 Å². The number of anilines is 4. The number of fused-ring (bicyclic) bond motifs is 1. The summed E-state index contributed by atoms with van der Waals surface area (Å²) < 4.78 is 13.5. The minimum atomic E-state index is -0.502. The molecule has 5 rings (SSSR count). The van der Waals surface area contributed by atoms with Crippen molar-refractivity contribution in [3.63, 3.8) is 0 Å². The van der Waals surface area contributed by atoms with Gasteiger partial charge in [-0.3, -0.25) is 9.88 Å². The van der Waals surface area contributed by atoms with Gasteiger partial charge in [-0.1, -0.05) is 26.0 Å². The maximum atomic E-state index is 13.5. The Morgan fingerprint density at radius 2 is 2.03 bits per heavy atom. The Morgan fingerprint density at radius 1 is 1.15 bits per heavy atom. The fourth-order valence-corrected chi connectivity index (χ4v) is 4.58. The largest absolute Gasteiger partial charge is 0.382 e. The van der Waals surface area contributed by atoms with E-state index in [9.17, 15) is 9.18 Å². The molecule has 2 aliphatic rings. The minimum Gasteiger partial charge on any atom is -0.382 e. The molecular weight excluding hydrogens is 431 g/mol. The molecule has 2 amide bonds. The monoisotopic (exact) mass is 460 g/mol. The van der Waals surface area contributed by atoms with Crippen LogP contribution in [0.25, 0.3) is 11.3 Å². The average molecular weight is 461 g/mol. The summed E-state index contributed by atoms with van der Waals surface area (Å²) in [5, 5.41) is 6.11. The second-order valence-corrected chi connectivity index (χ2v) is 9.71. The standard InChI is InChI=1S/C26H29FN6O/c1-26(2)9-12-32(17-26)21-6-3-5-18(13-21)22-7-8-23-24(31-22)33(11-4-10-29-23)25(34)30-20-14-19(27)15-28-16-20/h3,5-8,13-16,29H,4,9-12,17H2,1-2H3,(H,30,34). The highest BCUT2D eigenvalue weighted by Gasteiger charge is 2.29. The van der Waals surface area contributed by atoms with E-state index in [0.717, 1.165) is 49.2 Å². The number of urea groups is 1. The summed E-state index contributed by atoms with van der Waals surface area (Å²) in [6.07, 6.45) is 4.46. The minimum absolute atomic E-state index is 0.307. The summed E-state index contributed by atoms with van der Waals surface area (Å²) in [5.41, 5.74) is 4.41. The Bertz CT molecular complexity index is 1210. The number of pyridine rings is 2. The van der Waals surface area contributed by atoms with Crippen molar-refractivity contribution >= 4 is 28.9 Å². The summed E-state index contributed by atoms with van der Waals surface area (Å²) in [5.74, 6) is 0.0574. The van der Waals surface area contributed by atoms with Crippen molar-refractivity contribution < 1.29 is 9.18 Å². The summed E-state index contributed by atoms with van der Waals surface area (Å²) in [4.78, 5) is 25.9. The molecule has 0 atom stereocenters. The third-order valence-electron chi connectivity index (χ3n) is 6.39. The number of aromatic nitrogens is 2. The maximum Gasteiger partial charge on any atom is 0.327 e. The molecule has 176 valence electrons. The zero-order chi connectivity index (χ0) is 23.7. The van der Waals surface area contributed by atoms with E-state index in [1.807, 2.05) is 18.2 Å². The summed E-state index contributed by atoms with van der Waals surface area (Å²) in [6.45, 7) is 7.91. The Labute approximate surface area is 199 Å². The predicted molar refractivity (Wildman–Crippen MR) is 134 cm³/mol. The number of rotatable bonds is 3. The van der Waals surface area contributed by atoms with E-state index >= 15 is 0 Å². The summed E-state index contributed by atoms with van der Waals surface area (Å²) in [6, 6.07) is 13.3. The molecule has 2 aromatic heterocycles. The van der Waals surface area contributed by atoms with E-state index in [2.05, 4.69) is 52.6 Å². The number of nitrogens with zero attached hydrogens (tertiary/aromatic N) is 4. The Hall–Kier alpha value is -3.68. The Balaban J connectivity index is 1.44. The zero-order valence-electron chi connectivity index (χ0n) is 19.5. The van der Waals surface area contributed by atoms with Gasteiger partial charge in [0.05, 0.1) is 29.5 Å². The first kappa shape index (κ1) is 22.1. The van der Waals surface area contributed by atoms with Crippen LogP contribution in [0, 0.1) is 11.2 Å². The van der Waals surface area contributed by atoms with E-state index in [0.29, 0.717) is 23.5 Å². The van der Waals surface area contributed by atoms with Gasteiger partial charge in [-0.25, -0.2) is 14.2 Å². The molecule has 0 unspecified atom stereocenters. The van der Waals surface area contributed by atoms with Crippen LogP contribution >= 0.6 is 0 Å². The van der Waals surface area contributed by atoms with Crippen LogP contribution in [-0.2, 0) is 0 Å². The van der Waals surface area contributed by atoms with Gasteiger partial charge in [-0.05, 0) is 42.5 Å². The SMILES string of the molecule is CC1(C)CCN(c2cccc(-c3ccc4c(n3)N(C(=O)Nc3cncc(F)c3)CCCN4)c2)C1. The van der Waals surface area contributed by atoms with Gasteiger partial charge < -0.3 is 15.5 Å². The van der Waals surface area contributed by atoms with Gasteiger partial charge in [0, 0.05) is 43.5 Å². The molecule has 3 aromatic rings. The second kappa shape index (κ2) is 8.93. The Kier molecular flexibility index (Phi) is 5.81. The smallest absolute Gasteiger partial charge is 0.327 e. The molecule has 0 aliphatic carbocycles. The molecule has 1 fully saturated rings. The average Bonchev–Trinajstić information content (AvgIpc) is 3.05. The van der Waals surface area contributed by atoms with Crippen molar-refractivity contribution in [3.05, 3.63) is 60.7 Å². The molecular formula is C26H29FN6O. The molecule has 2 N–H and O–H groups in total. The lowest BCUT2D eigenvalue weighted by Gasteiger charge is -2.23. The lowest BCUT2D eigenvalue weighted by molar-refractivity contribution is 0.257. The quantitative estimate of drug-likeness (QED) is 0.550. The van der Waals surface area contributed by atoms with E-state index in [1.165, 1.54) is 24.4 Å². The molecule has 0 saturated carbocycles. The van der Waals surface area contributed by atoms with Gasteiger partial charge in [-0.15, -0.1) is 0 Å². The first-order valence-electron chi connectivity index (χ1n) is 11.7. The fraction of sp³-hybridized carbons (Fsp3) is 0.346. The normalized spacial score (nSPS) is 17.0. The van der Waals surface area contributed by atoms with Crippen molar-refractivity contribution in [1.29, 1.82) is 0 Å². The molecule has 0 radical (unpaired) electrons. The van der Waals surface area contributed by atoms with Crippen molar-refractivity contribution in [1.82, 2.24) is 9.97 Å². The molecule has 7 nitrogen and oxygen atoms in total. The first-order chi connectivity index (χ1) is 16.4. The number of hydrogen-bond acceptors (Lipinski definition) is 5. The van der Waals surface area contributed by atoms with Crippen LogP contribution in [0.15, 0.2) is 54.9 Å². The zero-order valence-corrected chi connectivity index (χ0v) is 19.5. The van der Waals surface area contributed by atoms with Crippen LogP contribution in [0.5, 0.6) is 0 Å². The van der Waals surface area contributed by atoms with Gasteiger partial charge in [0.25, 0.3) is 0 Å². The molecule has 8 heteroatoms. The number of carbonyl (C=O) groups is 1. The highest BCUT2D eigenvalue weighted by Crippen LogP contribution is 2.35. The van der Waals surface area contributed by atoms with Crippen LogP contribution in [0.1, 0.15) is 26.7 Å². The molecule has 2 aliphatic heterocycles. The highest BCUT2D eigenvalue weighted by atomic mass is 19.1. The third kappa shape index (κ3) is 4.66. The molecule has 0 spiro atoms. The predicted octanol–water partition coefficient (Wildman–Crippen LogP) is 5.37. The number of hydrogen-bond donors (Lipinski definition) is 2. The lowest BCUT2D eigenvalue weighted by atomic mass is 9.93. The van der Waals surface area contributed by atoms with Crippen LogP contribution in [0.4, 0.5) is 32.1 Å². The number of nitrogens with one attached hydrogen (secondary N) is 2. The molecule has 1 aromatic carbocycles. The number of amides is 2. The maximum absolute atomic E-state index is 13.5. The van der Waals surface area contributed by atoms with Crippen LogP contribution in [0.2, 0.25) is 0 Å². The van der Waals surface area contributed by atoms with Gasteiger partial charge in [0.1, 0.15) is 5.82 Å². The second-order valence-electron chi connectivity index (χ2n) is 9.71. The van der Waals surface area contributed by atoms with E-state index in [-0.39, 0.29) is 6.03 Å². The fourth-order valence-electron chi connectivity index (χ4n) is 4.58. The van der Waals surface area contributed by atoms with Crippen molar-refractivity contribution in [2.24, 2.45) is 5.41 Å². The molecule has 34 heavy (non-hydrogen) atoms. The third-order valence-corrected chi connectivity index (χ3v) is 6.39. The van der Waals surface area contributed by atoms with Crippen LogP contribution in [-0.4, -0.2) is 42.2 Å². The lowest BCUT2D eigenvalue weighted by Crippen LogP contribution is -2.36. The number of halogens is 1. The van der Waals surface area contributed by atoms with Gasteiger partial charge in [0.15, 0.2) is 5.82 Å². The highest BCUT2D eigenvalue weighted by molar-refractivity contribution is 6.03. The van der Waals surface area contributed by atoms with E-state index in [4.69, 9.17) is 4.98 Å². The number of benzene rings is 1. The van der Waals surface area contributed by atoms with E-state index in [1.54, 1.807) is 4.90 Å². The first-order valence-corrected chi connectivity index (χ1v) is 11.7.